The van der Waals surface area contributed by atoms with Crippen LogP contribution in [0.4, 0.5) is 5.69 Å². The number of nitro groups is 1. The van der Waals surface area contributed by atoms with E-state index < -0.39 is 29.1 Å². The number of benzene rings is 2. The van der Waals surface area contributed by atoms with Crippen LogP contribution < -0.4 is 5.32 Å². The van der Waals surface area contributed by atoms with Crippen molar-refractivity contribution < 1.29 is 19.2 Å². The Kier molecular flexibility index (Phi) is 7.52. The molecule has 0 saturated carbocycles. The fraction of sp³-hybridized carbons (Fsp3) is 0.300. The third-order valence-corrected chi connectivity index (χ3v) is 4.19. The summed E-state index contributed by atoms with van der Waals surface area (Å²) < 4.78 is 4.96. The second kappa shape index (κ2) is 9.85. The van der Waals surface area contributed by atoms with Gasteiger partial charge < -0.3 is 10.1 Å². The van der Waals surface area contributed by atoms with Crippen molar-refractivity contribution in [3.8, 4) is 0 Å². The van der Waals surface area contributed by atoms with E-state index in [1.165, 1.54) is 6.07 Å². The molecule has 7 nitrogen and oxygen atoms in total. The summed E-state index contributed by atoms with van der Waals surface area (Å²) in [7, 11) is 0. The summed E-state index contributed by atoms with van der Waals surface area (Å²) >= 11 is 5.80. The molecule has 0 saturated heterocycles. The minimum absolute atomic E-state index is 0.156. The molecule has 1 amide bonds. The molecule has 8 heteroatoms. The molecule has 1 N–H and O–H groups in total. The van der Waals surface area contributed by atoms with E-state index in [4.69, 9.17) is 16.3 Å². The van der Waals surface area contributed by atoms with Gasteiger partial charge in [0.25, 0.3) is 11.6 Å². The van der Waals surface area contributed by atoms with Crippen LogP contribution in [0.3, 0.4) is 0 Å². The Morgan fingerprint density at radius 2 is 1.86 bits per heavy atom. The van der Waals surface area contributed by atoms with E-state index in [9.17, 15) is 19.7 Å². The maximum atomic E-state index is 12.3. The number of rotatable bonds is 8. The zero-order valence-electron chi connectivity index (χ0n) is 15.6. The molecule has 0 fully saturated rings. The summed E-state index contributed by atoms with van der Waals surface area (Å²) in [6.45, 7) is 3.53. The number of hydrogen-bond donors (Lipinski definition) is 1. The molecule has 1 atom stereocenters. The van der Waals surface area contributed by atoms with Gasteiger partial charge in [0, 0.05) is 11.1 Å². The van der Waals surface area contributed by atoms with Gasteiger partial charge in [-0.25, -0.2) is 4.79 Å². The molecule has 0 bridgehead atoms. The maximum Gasteiger partial charge on any atom is 0.345 e. The van der Waals surface area contributed by atoms with Gasteiger partial charge in [-0.15, -0.1) is 0 Å². The van der Waals surface area contributed by atoms with Crippen LogP contribution in [-0.4, -0.2) is 23.4 Å². The number of carbonyl (C=O) groups is 2. The second-order valence-electron chi connectivity index (χ2n) is 6.66. The van der Waals surface area contributed by atoms with Crippen molar-refractivity contribution in [2.45, 2.75) is 26.3 Å². The quantitative estimate of drug-likeness (QED) is 0.401. The predicted octanol–water partition coefficient (Wildman–Crippen LogP) is 4.31. The van der Waals surface area contributed by atoms with Crippen molar-refractivity contribution in [1.82, 2.24) is 5.32 Å². The zero-order valence-corrected chi connectivity index (χ0v) is 16.3. The van der Waals surface area contributed by atoms with Crippen molar-refractivity contribution in [1.29, 1.82) is 0 Å². The van der Waals surface area contributed by atoms with Crippen LogP contribution in [0.5, 0.6) is 0 Å². The number of esters is 1. The lowest BCUT2D eigenvalue weighted by atomic mass is 9.97. The molecular formula is C20H21ClN2O5. The van der Waals surface area contributed by atoms with Gasteiger partial charge in [0.1, 0.15) is 5.56 Å². The molecule has 2 aromatic rings. The lowest BCUT2D eigenvalue weighted by Gasteiger charge is -2.21. The van der Waals surface area contributed by atoms with Gasteiger partial charge >= 0.3 is 5.97 Å². The number of nitro benzene ring substituents is 1. The summed E-state index contributed by atoms with van der Waals surface area (Å²) in [5.41, 5.74) is 0.213. The SMILES string of the molecule is CC(C)C[C@H](NC(=O)COC(=O)c1cc(Cl)ccc1[N+](=O)[O-])c1ccccc1. The molecule has 148 valence electrons. The van der Waals surface area contributed by atoms with Crippen LogP contribution in [0, 0.1) is 16.0 Å². The highest BCUT2D eigenvalue weighted by molar-refractivity contribution is 6.31. The highest BCUT2D eigenvalue weighted by atomic mass is 35.5. The van der Waals surface area contributed by atoms with E-state index in [2.05, 4.69) is 5.32 Å². The Bertz CT molecular complexity index is 855. The molecule has 0 aliphatic rings. The summed E-state index contributed by atoms with van der Waals surface area (Å²) in [5.74, 6) is -1.14. The highest BCUT2D eigenvalue weighted by Gasteiger charge is 2.23. The molecule has 0 heterocycles. The molecule has 0 aliphatic heterocycles. The Labute approximate surface area is 167 Å². The number of hydrogen-bond acceptors (Lipinski definition) is 5. The summed E-state index contributed by atoms with van der Waals surface area (Å²) in [6, 6.07) is 12.8. The predicted molar refractivity (Wildman–Crippen MR) is 105 cm³/mol. The maximum absolute atomic E-state index is 12.3. The Morgan fingerprint density at radius 3 is 2.46 bits per heavy atom. The standard InChI is InChI=1S/C20H21ClN2O5/c1-13(2)10-17(14-6-4-3-5-7-14)22-19(24)12-28-20(25)16-11-15(21)8-9-18(16)23(26)27/h3-9,11,13,17H,10,12H2,1-2H3,(H,22,24)/t17-/m0/s1. The fourth-order valence-electron chi connectivity index (χ4n) is 2.71. The summed E-state index contributed by atoms with van der Waals surface area (Å²) in [6.07, 6.45) is 0.712. The first-order chi connectivity index (χ1) is 13.3. The first-order valence-corrected chi connectivity index (χ1v) is 9.11. The van der Waals surface area contributed by atoms with Gasteiger partial charge in [-0.1, -0.05) is 55.8 Å². The minimum Gasteiger partial charge on any atom is -0.452 e. The Hall–Kier alpha value is -2.93. The van der Waals surface area contributed by atoms with Crippen molar-refractivity contribution in [2.75, 3.05) is 6.61 Å². The number of carbonyl (C=O) groups excluding carboxylic acids is 2. The normalized spacial score (nSPS) is 11.7. The van der Waals surface area contributed by atoms with Crippen molar-refractivity contribution in [2.24, 2.45) is 5.92 Å². The van der Waals surface area contributed by atoms with Gasteiger partial charge in [-0.05, 0) is 30.0 Å². The molecule has 2 aromatic carbocycles. The fourth-order valence-corrected chi connectivity index (χ4v) is 2.88. The van der Waals surface area contributed by atoms with Crippen LogP contribution in [0.1, 0.15) is 42.2 Å². The Balaban J connectivity index is 2.04. The van der Waals surface area contributed by atoms with Crippen LogP contribution in [-0.2, 0) is 9.53 Å². The summed E-state index contributed by atoms with van der Waals surface area (Å²) in [5, 5.41) is 14.1. The van der Waals surface area contributed by atoms with Gasteiger partial charge in [0.05, 0.1) is 11.0 Å². The first-order valence-electron chi connectivity index (χ1n) is 8.73. The minimum atomic E-state index is -0.982. The van der Waals surface area contributed by atoms with Gasteiger partial charge in [0.15, 0.2) is 6.61 Å². The smallest absolute Gasteiger partial charge is 0.345 e. The average Bonchev–Trinajstić information content (AvgIpc) is 2.65. The van der Waals surface area contributed by atoms with Gasteiger partial charge in [-0.2, -0.15) is 0 Å². The van der Waals surface area contributed by atoms with E-state index in [0.717, 1.165) is 17.7 Å². The topological polar surface area (TPSA) is 98.5 Å². The lowest BCUT2D eigenvalue weighted by Crippen LogP contribution is -2.33. The molecule has 0 aliphatic carbocycles. The van der Waals surface area contributed by atoms with Crippen molar-refractivity contribution in [3.05, 3.63) is 74.8 Å². The van der Waals surface area contributed by atoms with Crippen molar-refractivity contribution in [3.63, 3.8) is 0 Å². The molecule has 0 radical (unpaired) electrons. The highest BCUT2D eigenvalue weighted by Crippen LogP contribution is 2.24. The molecule has 0 spiro atoms. The third-order valence-electron chi connectivity index (χ3n) is 3.95. The van der Waals surface area contributed by atoms with E-state index in [1.54, 1.807) is 0 Å². The molecular weight excluding hydrogens is 384 g/mol. The van der Waals surface area contributed by atoms with Crippen LogP contribution in [0.2, 0.25) is 5.02 Å². The third kappa shape index (κ3) is 6.06. The molecule has 0 aromatic heterocycles. The van der Waals surface area contributed by atoms with E-state index in [-0.39, 0.29) is 16.6 Å². The molecule has 2 rings (SSSR count). The second-order valence-corrected chi connectivity index (χ2v) is 7.09. The molecule has 28 heavy (non-hydrogen) atoms. The monoisotopic (exact) mass is 404 g/mol. The van der Waals surface area contributed by atoms with E-state index in [1.807, 2.05) is 44.2 Å². The Morgan fingerprint density at radius 1 is 1.18 bits per heavy atom. The van der Waals surface area contributed by atoms with Crippen molar-refractivity contribution >= 4 is 29.2 Å². The van der Waals surface area contributed by atoms with E-state index in [0.29, 0.717) is 12.3 Å². The van der Waals surface area contributed by atoms with E-state index >= 15 is 0 Å². The number of nitrogens with one attached hydrogen (secondary N) is 1. The molecule has 0 unspecified atom stereocenters. The van der Waals surface area contributed by atoms with Crippen LogP contribution >= 0.6 is 11.6 Å². The number of nitrogens with zero attached hydrogens (tertiary/aromatic N) is 1. The average molecular weight is 405 g/mol. The lowest BCUT2D eigenvalue weighted by molar-refractivity contribution is -0.385. The number of halogens is 1. The first kappa shape index (κ1) is 21.4. The number of amides is 1. The van der Waals surface area contributed by atoms with Gasteiger partial charge in [0.2, 0.25) is 0 Å². The number of ether oxygens (including phenoxy) is 1. The van der Waals surface area contributed by atoms with Gasteiger partial charge in [-0.3, -0.25) is 14.9 Å². The zero-order chi connectivity index (χ0) is 20.7. The summed E-state index contributed by atoms with van der Waals surface area (Å²) in [4.78, 5) is 34.8. The van der Waals surface area contributed by atoms with Crippen LogP contribution in [0.25, 0.3) is 0 Å². The van der Waals surface area contributed by atoms with Crippen LogP contribution in [0.15, 0.2) is 48.5 Å². The largest absolute Gasteiger partial charge is 0.452 e.